The molecule has 0 aliphatic carbocycles. The van der Waals surface area contributed by atoms with Crippen LogP contribution in [0.3, 0.4) is 0 Å². The van der Waals surface area contributed by atoms with Gasteiger partial charge in [-0.15, -0.1) is 0 Å². The van der Waals surface area contributed by atoms with Gasteiger partial charge in [-0.05, 0) is 23.6 Å². The first-order chi connectivity index (χ1) is 12.6. The van der Waals surface area contributed by atoms with Crippen LogP contribution in [0.15, 0.2) is 54.6 Å². The van der Waals surface area contributed by atoms with Crippen molar-refractivity contribution in [1.29, 1.82) is 0 Å². The highest BCUT2D eigenvalue weighted by atomic mass is 16.5. The highest BCUT2D eigenvalue weighted by Crippen LogP contribution is 2.23. The van der Waals surface area contributed by atoms with Gasteiger partial charge in [0.05, 0.1) is 14.2 Å². The maximum absolute atomic E-state index is 12.7. The second kappa shape index (κ2) is 9.36. The number of carbonyl (C=O) groups is 3. The predicted octanol–water partition coefficient (Wildman–Crippen LogP) is 2.58. The van der Waals surface area contributed by atoms with Crippen LogP contribution in [0.4, 0.5) is 0 Å². The van der Waals surface area contributed by atoms with Crippen molar-refractivity contribution in [2.45, 2.75) is 18.9 Å². The normalized spacial score (nSPS) is 11.3. The lowest BCUT2D eigenvalue weighted by Gasteiger charge is -2.17. The van der Waals surface area contributed by atoms with Crippen LogP contribution in [-0.2, 0) is 19.1 Å². The minimum atomic E-state index is -0.935. The fraction of sp³-hybridized carbons (Fsp3) is 0.250. The van der Waals surface area contributed by atoms with Gasteiger partial charge in [0, 0.05) is 12.0 Å². The highest BCUT2D eigenvalue weighted by Gasteiger charge is 2.24. The van der Waals surface area contributed by atoms with Crippen LogP contribution in [0.25, 0.3) is 11.1 Å². The van der Waals surface area contributed by atoms with Crippen molar-refractivity contribution in [2.75, 3.05) is 14.2 Å². The second-order valence-corrected chi connectivity index (χ2v) is 5.58. The van der Waals surface area contributed by atoms with Crippen LogP contribution < -0.4 is 5.32 Å². The first kappa shape index (κ1) is 19.2. The number of hydrogen-bond acceptors (Lipinski definition) is 5. The van der Waals surface area contributed by atoms with E-state index < -0.39 is 23.9 Å². The zero-order valence-corrected chi connectivity index (χ0v) is 14.7. The van der Waals surface area contributed by atoms with E-state index in [-0.39, 0.29) is 12.8 Å². The molecule has 0 spiro atoms. The number of rotatable bonds is 7. The number of ether oxygens (including phenoxy) is 2. The van der Waals surface area contributed by atoms with Crippen LogP contribution >= 0.6 is 0 Å². The number of benzene rings is 2. The number of amides is 1. The largest absolute Gasteiger partial charge is 0.469 e. The molecule has 0 aliphatic heterocycles. The Morgan fingerprint density at radius 2 is 1.58 bits per heavy atom. The van der Waals surface area contributed by atoms with E-state index in [4.69, 9.17) is 4.74 Å². The predicted molar refractivity (Wildman–Crippen MR) is 96.4 cm³/mol. The van der Waals surface area contributed by atoms with Crippen LogP contribution in [-0.4, -0.2) is 38.1 Å². The molecular formula is C20H21NO5. The smallest absolute Gasteiger partial charge is 0.328 e. The molecule has 0 aromatic heterocycles. The Kier molecular flexibility index (Phi) is 6.91. The van der Waals surface area contributed by atoms with E-state index >= 15 is 0 Å². The van der Waals surface area contributed by atoms with E-state index in [1.54, 1.807) is 12.1 Å². The molecule has 1 N–H and O–H groups in total. The molecule has 26 heavy (non-hydrogen) atoms. The molecule has 2 aromatic rings. The maximum Gasteiger partial charge on any atom is 0.328 e. The van der Waals surface area contributed by atoms with E-state index in [9.17, 15) is 14.4 Å². The molecule has 1 amide bonds. The summed E-state index contributed by atoms with van der Waals surface area (Å²) in [6, 6.07) is 15.7. The number of methoxy groups -OCH3 is 2. The lowest BCUT2D eigenvalue weighted by atomic mass is 9.99. The summed E-state index contributed by atoms with van der Waals surface area (Å²) >= 11 is 0. The van der Waals surface area contributed by atoms with Gasteiger partial charge in [0.25, 0.3) is 5.91 Å². The summed E-state index contributed by atoms with van der Waals surface area (Å²) in [5.41, 5.74) is 2.08. The van der Waals surface area contributed by atoms with Crippen molar-refractivity contribution in [2.24, 2.45) is 0 Å². The Balaban J connectivity index is 2.22. The second-order valence-electron chi connectivity index (χ2n) is 5.58. The molecule has 2 aromatic carbocycles. The van der Waals surface area contributed by atoms with Crippen LogP contribution in [0.2, 0.25) is 0 Å². The summed E-state index contributed by atoms with van der Waals surface area (Å²) in [5, 5.41) is 2.65. The Morgan fingerprint density at radius 3 is 2.23 bits per heavy atom. The van der Waals surface area contributed by atoms with Gasteiger partial charge in [-0.25, -0.2) is 4.79 Å². The summed E-state index contributed by atoms with van der Waals surface area (Å²) in [6.07, 6.45) is 0.0927. The monoisotopic (exact) mass is 355 g/mol. The lowest BCUT2D eigenvalue weighted by molar-refractivity contribution is -0.144. The van der Waals surface area contributed by atoms with E-state index in [0.29, 0.717) is 5.56 Å². The minimum Gasteiger partial charge on any atom is -0.469 e. The van der Waals surface area contributed by atoms with Gasteiger partial charge < -0.3 is 14.8 Å². The van der Waals surface area contributed by atoms with E-state index in [2.05, 4.69) is 10.1 Å². The Hall–Kier alpha value is -3.15. The van der Waals surface area contributed by atoms with Crippen molar-refractivity contribution in [3.05, 3.63) is 60.2 Å². The van der Waals surface area contributed by atoms with Crippen LogP contribution in [0, 0.1) is 0 Å². The fourth-order valence-electron chi connectivity index (χ4n) is 2.54. The quantitative estimate of drug-likeness (QED) is 0.772. The average molecular weight is 355 g/mol. The molecule has 1 atom stereocenters. The molecule has 136 valence electrons. The third-order valence-corrected chi connectivity index (χ3v) is 3.91. The SMILES string of the molecule is COC(=O)CC[C@H](NC(=O)c1ccccc1-c1ccccc1)C(=O)OC. The van der Waals surface area contributed by atoms with Crippen molar-refractivity contribution in [3.63, 3.8) is 0 Å². The van der Waals surface area contributed by atoms with Gasteiger partial charge in [0.2, 0.25) is 0 Å². The van der Waals surface area contributed by atoms with Crippen molar-refractivity contribution in [3.8, 4) is 11.1 Å². The molecule has 0 fully saturated rings. The number of hydrogen-bond donors (Lipinski definition) is 1. The van der Waals surface area contributed by atoms with Crippen LogP contribution in [0.1, 0.15) is 23.2 Å². The fourth-order valence-corrected chi connectivity index (χ4v) is 2.54. The number of nitrogens with one attached hydrogen (secondary N) is 1. The van der Waals surface area contributed by atoms with Gasteiger partial charge in [0.15, 0.2) is 0 Å². The van der Waals surface area contributed by atoms with E-state index in [0.717, 1.165) is 11.1 Å². The molecule has 6 nitrogen and oxygen atoms in total. The molecule has 0 aliphatic rings. The molecule has 2 rings (SSSR count). The first-order valence-electron chi connectivity index (χ1n) is 8.16. The first-order valence-corrected chi connectivity index (χ1v) is 8.16. The van der Waals surface area contributed by atoms with E-state index in [1.807, 2.05) is 42.5 Å². The number of carbonyl (C=O) groups excluding carboxylic acids is 3. The Morgan fingerprint density at radius 1 is 0.923 bits per heavy atom. The standard InChI is InChI=1S/C20H21NO5/c1-25-18(22)13-12-17(20(24)26-2)21-19(23)16-11-7-6-10-15(16)14-8-4-3-5-9-14/h3-11,17H,12-13H2,1-2H3,(H,21,23)/t17-/m0/s1. The third-order valence-electron chi connectivity index (χ3n) is 3.91. The molecule has 0 bridgehead atoms. The zero-order chi connectivity index (χ0) is 18.9. The third kappa shape index (κ3) is 4.92. The highest BCUT2D eigenvalue weighted by molar-refractivity contribution is 6.02. The van der Waals surface area contributed by atoms with Gasteiger partial charge in [-0.3, -0.25) is 9.59 Å². The molecule has 0 radical (unpaired) electrons. The number of esters is 2. The maximum atomic E-state index is 12.7. The summed E-state index contributed by atoms with van der Waals surface area (Å²) in [4.78, 5) is 36.0. The molecule has 0 saturated carbocycles. The Bertz CT molecular complexity index is 773. The topological polar surface area (TPSA) is 81.7 Å². The van der Waals surface area contributed by atoms with Gasteiger partial charge >= 0.3 is 11.9 Å². The van der Waals surface area contributed by atoms with Gasteiger partial charge in [-0.1, -0.05) is 48.5 Å². The summed E-state index contributed by atoms with van der Waals surface area (Å²) in [7, 11) is 2.50. The summed E-state index contributed by atoms with van der Waals surface area (Å²) < 4.78 is 9.30. The molecule has 0 heterocycles. The minimum absolute atomic E-state index is 0.00310. The molecule has 0 unspecified atom stereocenters. The average Bonchev–Trinajstić information content (AvgIpc) is 2.70. The van der Waals surface area contributed by atoms with Crippen molar-refractivity contribution < 1.29 is 23.9 Å². The molecular weight excluding hydrogens is 334 g/mol. The van der Waals surface area contributed by atoms with E-state index in [1.165, 1.54) is 14.2 Å². The lowest BCUT2D eigenvalue weighted by Crippen LogP contribution is -2.42. The van der Waals surface area contributed by atoms with Gasteiger partial charge in [0.1, 0.15) is 6.04 Å². The van der Waals surface area contributed by atoms with Crippen molar-refractivity contribution >= 4 is 17.8 Å². The molecule has 6 heteroatoms. The van der Waals surface area contributed by atoms with Crippen LogP contribution in [0.5, 0.6) is 0 Å². The summed E-state index contributed by atoms with van der Waals surface area (Å²) in [6.45, 7) is 0. The van der Waals surface area contributed by atoms with Gasteiger partial charge in [-0.2, -0.15) is 0 Å². The molecule has 0 saturated heterocycles. The Labute approximate surface area is 152 Å². The zero-order valence-electron chi connectivity index (χ0n) is 14.7. The van der Waals surface area contributed by atoms with Crippen molar-refractivity contribution in [1.82, 2.24) is 5.32 Å². The summed E-state index contributed by atoms with van der Waals surface area (Å²) in [5.74, 6) is -1.48.